The minimum Gasteiger partial charge on any atom is -0.481 e. The Morgan fingerprint density at radius 2 is 2.23 bits per heavy atom. The number of carboxylic acid groups (broad SMARTS) is 1. The van der Waals surface area contributed by atoms with Gasteiger partial charge in [-0.25, -0.2) is 0 Å². The molecule has 13 heavy (non-hydrogen) atoms. The molecule has 0 aromatic heterocycles. The molecule has 0 radical (unpaired) electrons. The first-order chi connectivity index (χ1) is 6.02. The van der Waals surface area contributed by atoms with E-state index in [4.69, 9.17) is 22.4 Å². The number of benzene rings is 1. The molecule has 0 fully saturated rings. The molecule has 0 bridgehead atoms. The Morgan fingerprint density at radius 3 is 2.77 bits per heavy atom. The van der Waals surface area contributed by atoms with E-state index in [9.17, 15) is 4.79 Å². The maximum Gasteiger partial charge on any atom is 0.310 e. The summed E-state index contributed by atoms with van der Waals surface area (Å²) in [5.41, 5.74) is 6.62. The summed E-state index contributed by atoms with van der Waals surface area (Å²) >= 11 is 5.72. The second-order valence-electron chi connectivity index (χ2n) is 2.83. The minimum atomic E-state index is -0.908. The van der Waals surface area contributed by atoms with E-state index in [0.717, 1.165) is 0 Å². The van der Waals surface area contributed by atoms with Crippen molar-refractivity contribution in [2.45, 2.75) is 12.8 Å². The molecule has 0 aliphatic carbocycles. The number of aliphatic carboxylic acids is 1. The van der Waals surface area contributed by atoms with E-state index in [1.165, 1.54) is 0 Å². The summed E-state index contributed by atoms with van der Waals surface area (Å²) in [6.45, 7) is 1.57. The zero-order valence-corrected chi connectivity index (χ0v) is 7.88. The summed E-state index contributed by atoms with van der Waals surface area (Å²) < 4.78 is 0. The standard InChI is InChI=1S/C9H10ClNO2/c1-5(9(12)13)7-4-6(10)2-3-8(7)11/h2-5H,11H2,1H3,(H,12,13). The zero-order chi connectivity index (χ0) is 10.0. The summed E-state index contributed by atoms with van der Waals surface area (Å²) in [7, 11) is 0. The lowest BCUT2D eigenvalue weighted by Gasteiger charge is -2.09. The highest BCUT2D eigenvalue weighted by molar-refractivity contribution is 6.30. The van der Waals surface area contributed by atoms with Crippen LogP contribution in [0.2, 0.25) is 5.02 Å². The van der Waals surface area contributed by atoms with E-state index in [1.807, 2.05) is 0 Å². The van der Waals surface area contributed by atoms with Crippen LogP contribution in [0.4, 0.5) is 5.69 Å². The topological polar surface area (TPSA) is 63.3 Å². The third-order valence-electron chi connectivity index (χ3n) is 1.89. The van der Waals surface area contributed by atoms with Crippen molar-refractivity contribution in [3.05, 3.63) is 28.8 Å². The van der Waals surface area contributed by atoms with E-state index in [2.05, 4.69) is 0 Å². The molecule has 0 aliphatic heterocycles. The molecular weight excluding hydrogens is 190 g/mol. The summed E-state index contributed by atoms with van der Waals surface area (Å²) in [4.78, 5) is 10.7. The zero-order valence-electron chi connectivity index (χ0n) is 7.12. The van der Waals surface area contributed by atoms with Crippen molar-refractivity contribution >= 4 is 23.3 Å². The second-order valence-corrected chi connectivity index (χ2v) is 3.27. The molecule has 0 saturated heterocycles. The van der Waals surface area contributed by atoms with Gasteiger partial charge in [-0.05, 0) is 30.7 Å². The van der Waals surface area contributed by atoms with Gasteiger partial charge >= 0.3 is 5.97 Å². The Balaban J connectivity index is 3.12. The smallest absolute Gasteiger partial charge is 0.310 e. The molecule has 0 spiro atoms. The van der Waals surface area contributed by atoms with Gasteiger partial charge in [-0.3, -0.25) is 4.79 Å². The van der Waals surface area contributed by atoms with Crippen LogP contribution in [0.3, 0.4) is 0 Å². The number of carboxylic acids is 1. The SMILES string of the molecule is CC(C(=O)O)c1cc(Cl)ccc1N. The first-order valence-electron chi connectivity index (χ1n) is 3.80. The number of nitrogen functional groups attached to an aromatic ring is 1. The van der Waals surface area contributed by atoms with Gasteiger partial charge in [0, 0.05) is 10.7 Å². The number of hydrogen-bond acceptors (Lipinski definition) is 2. The van der Waals surface area contributed by atoms with Crippen molar-refractivity contribution in [1.29, 1.82) is 0 Å². The minimum absolute atomic E-state index is 0.458. The number of halogens is 1. The van der Waals surface area contributed by atoms with Crippen molar-refractivity contribution in [2.75, 3.05) is 5.73 Å². The van der Waals surface area contributed by atoms with Gasteiger partial charge in [0.1, 0.15) is 0 Å². The van der Waals surface area contributed by atoms with Crippen LogP contribution in [0, 0.1) is 0 Å². The predicted molar refractivity (Wildman–Crippen MR) is 51.9 cm³/mol. The molecule has 3 N–H and O–H groups in total. The molecule has 1 rings (SSSR count). The maximum absolute atomic E-state index is 10.7. The van der Waals surface area contributed by atoms with E-state index in [-0.39, 0.29) is 0 Å². The predicted octanol–water partition coefficient (Wildman–Crippen LogP) is 2.11. The van der Waals surface area contributed by atoms with Gasteiger partial charge < -0.3 is 10.8 Å². The highest BCUT2D eigenvalue weighted by atomic mass is 35.5. The average Bonchev–Trinajstić information content (AvgIpc) is 2.08. The molecule has 0 amide bonds. The first-order valence-corrected chi connectivity index (χ1v) is 4.18. The van der Waals surface area contributed by atoms with Gasteiger partial charge in [0.2, 0.25) is 0 Å². The Bertz CT molecular complexity index is 338. The molecular formula is C9H10ClNO2. The number of nitrogens with two attached hydrogens (primary N) is 1. The Labute approximate surface area is 81.1 Å². The van der Waals surface area contributed by atoms with E-state index in [0.29, 0.717) is 16.3 Å². The lowest BCUT2D eigenvalue weighted by Crippen LogP contribution is -2.09. The number of carbonyl (C=O) groups is 1. The highest BCUT2D eigenvalue weighted by Gasteiger charge is 2.16. The first kappa shape index (κ1) is 9.86. The number of rotatable bonds is 2. The fourth-order valence-electron chi connectivity index (χ4n) is 1.05. The van der Waals surface area contributed by atoms with Crippen LogP contribution >= 0.6 is 11.6 Å². The molecule has 70 valence electrons. The second kappa shape index (κ2) is 3.66. The van der Waals surface area contributed by atoms with Crippen LogP contribution in [0.1, 0.15) is 18.4 Å². The van der Waals surface area contributed by atoms with Crippen LogP contribution in [-0.2, 0) is 4.79 Å². The molecule has 1 atom stereocenters. The van der Waals surface area contributed by atoms with Gasteiger partial charge in [-0.2, -0.15) is 0 Å². The highest BCUT2D eigenvalue weighted by Crippen LogP contribution is 2.25. The number of anilines is 1. The Hall–Kier alpha value is -1.22. The Morgan fingerprint density at radius 1 is 1.62 bits per heavy atom. The maximum atomic E-state index is 10.7. The monoisotopic (exact) mass is 199 g/mol. The third kappa shape index (κ3) is 2.12. The van der Waals surface area contributed by atoms with Crippen LogP contribution < -0.4 is 5.73 Å². The fraction of sp³-hybridized carbons (Fsp3) is 0.222. The summed E-state index contributed by atoms with van der Waals surface area (Å²) in [6.07, 6.45) is 0. The lowest BCUT2D eigenvalue weighted by atomic mass is 10.00. The number of hydrogen-bond donors (Lipinski definition) is 2. The van der Waals surface area contributed by atoms with Crippen molar-refractivity contribution in [3.63, 3.8) is 0 Å². The van der Waals surface area contributed by atoms with E-state index >= 15 is 0 Å². The summed E-state index contributed by atoms with van der Waals surface area (Å²) in [5.74, 6) is -1.53. The van der Waals surface area contributed by atoms with Gasteiger partial charge in [0.05, 0.1) is 5.92 Å². The van der Waals surface area contributed by atoms with Crippen LogP contribution in [0.15, 0.2) is 18.2 Å². The van der Waals surface area contributed by atoms with Gasteiger partial charge in [0.15, 0.2) is 0 Å². The molecule has 1 aromatic carbocycles. The van der Waals surface area contributed by atoms with Crippen LogP contribution in [0.5, 0.6) is 0 Å². The van der Waals surface area contributed by atoms with Crippen molar-refractivity contribution in [1.82, 2.24) is 0 Å². The fourth-order valence-corrected chi connectivity index (χ4v) is 1.23. The third-order valence-corrected chi connectivity index (χ3v) is 2.12. The molecule has 3 nitrogen and oxygen atoms in total. The van der Waals surface area contributed by atoms with E-state index in [1.54, 1.807) is 25.1 Å². The molecule has 4 heteroatoms. The van der Waals surface area contributed by atoms with Gasteiger partial charge in [0.25, 0.3) is 0 Å². The van der Waals surface area contributed by atoms with Crippen molar-refractivity contribution < 1.29 is 9.90 Å². The van der Waals surface area contributed by atoms with Gasteiger partial charge in [-0.1, -0.05) is 11.6 Å². The average molecular weight is 200 g/mol. The normalized spacial score (nSPS) is 12.5. The van der Waals surface area contributed by atoms with Crippen molar-refractivity contribution in [3.8, 4) is 0 Å². The quantitative estimate of drug-likeness (QED) is 0.718. The van der Waals surface area contributed by atoms with Crippen molar-refractivity contribution in [2.24, 2.45) is 0 Å². The lowest BCUT2D eigenvalue weighted by molar-refractivity contribution is -0.138. The molecule has 0 saturated carbocycles. The molecule has 0 heterocycles. The van der Waals surface area contributed by atoms with Crippen LogP contribution in [0.25, 0.3) is 0 Å². The molecule has 1 aromatic rings. The summed E-state index contributed by atoms with van der Waals surface area (Å²) in [6, 6.07) is 4.82. The molecule has 0 aliphatic rings. The molecule has 1 unspecified atom stereocenters. The van der Waals surface area contributed by atoms with Gasteiger partial charge in [-0.15, -0.1) is 0 Å². The van der Waals surface area contributed by atoms with E-state index < -0.39 is 11.9 Å². The largest absolute Gasteiger partial charge is 0.481 e. The van der Waals surface area contributed by atoms with Crippen LogP contribution in [-0.4, -0.2) is 11.1 Å². The Kier molecular flexibility index (Phi) is 2.78. The summed E-state index contributed by atoms with van der Waals surface area (Å²) in [5, 5.41) is 9.25.